The number of amides is 1. The van der Waals surface area contributed by atoms with Gasteiger partial charge in [-0.2, -0.15) is 0 Å². The lowest BCUT2D eigenvalue weighted by Crippen LogP contribution is -2.42. The van der Waals surface area contributed by atoms with E-state index in [4.69, 9.17) is 4.42 Å². The first-order chi connectivity index (χ1) is 16.0. The van der Waals surface area contributed by atoms with Gasteiger partial charge in [-0.15, -0.1) is 0 Å². The third kappa shape index (κ3) is 3.96. The second kappa shape index (κ2) is 8.47. The number of carbonyl (C=O) groups is 1. The Labute approximate surface area is 193 Å². The number of nitrogens with zero attached hydrogens (tertiary/aromatic N) is 4. The summed E-state index contributed by atoms with van der Waals surface area (Å²) < 4.78 is 7.26. The zero-order valence-electron chi connectivity index (χ0n) is 17.5. The van der Waals surface area contributed by atoms with E-state index >= 15 is 0 Å². The first-order valence-electron chi connectivity index (χ1n) is 10.1. The van der Waals surface area contributed by atoms with Gasteiger partial charge in [-0.05, 0) is 42.1 Å². The lowest BCUT2D eigenvalue weighted by Gasteiger charge is -2.37. The number of rotatable bonds is 6. The average Bonchev–Trinajstić information content (AvgIpc) is 3.48. The fraction of sp³-hybridized carbons (Fsp3) is 0.130. The molecule has 9 nitrogen and oxygen atoms in total. The highest BCUT2D eigenvalue weighted by Crippen LogP contribution is 2.39. The first kappa shape index (κ1) is 20.8. The Morgan fingerprint density at radius 1 is 1.21 bits per heavy atom. The summed E-state index contributed by atoms with van der Waals surface area (Å²) in [6.45, 7) is 0.218. The number of nitrogens with one attached hydrogen (secondary N) is 1. The lowest BCUT2D eigenvalue weighted by molar-refractivity contribution is -0.387. The van der Waals surface area contributed by atoms with Gasteiger partial charge in [0.2, 0.25) is 0 Å². The molecule has 166 valence electrons. The third-order valence-corrected chi connectivity index (χ3v) is 6.54. The van der Waals surface area contributed by atoms with Gasteiger partial charge in [-0.25, -0.2) is 4.98 Å². The van der Waals surface area contributed by atoms with Gasteiger partial charge in [0.15, 0.2) is 5.16 Å². The van der Waals surface area contributed by atoms with Crippen LogP contribution < -0.4 is 5.32 Å². The van der Waals surface area contributed by atoms with Gasteiger partial charge in [-0.3, -0.25) is 14.9 Å². The number of fused-ring (bicyclic) bond motifs is 1. The number of hydrogen-bond acceptors (Lipinski definition) is 7. The SMILES string of the molecule is Cn1ccnc1Sc1ccc([C@H]2Nc3ccccc3C(=O)N2Cc2ccco2)cc1[N+](=O)[O-]. The third-order valence-electron chi connectivity index (χ3n) is 5.40. The quantitative estimate of drug-likeness (QED) is 0.323. The van der Waals surface area contributed by atoms with E-state index in [1.807, 2.05) is 19.2 Å². The molecule has 4 aromatic rings. The number of imidazole rings is 1. The predicted molar refractivity (Wildman–Crippen MR) is 122 cm³/mol. The van der Waals surface area contributed by atoms with Crippen LogP contribution in [0.15, 0.2) is 87.7 Å². The van der Waals surface area contributed by atoms with Crippen molar-refractivity contribution in [1.82, 2.24) is 14.5 Å². The van der Waals surface area contributed by atoms with Gasteiger partial charge in [0.1, 0.15) is 11.9 Å². The summed E-state index contributed by atoms with van der Waals surface area (Å²) in [6.07, 6.45) is 4.37. The van der Waals surface area contributed by atoms with Crippen molar-refractivity contribution in [3.05, 3.63) is 100 Å². The molecule has 1 amide bonds. The van der Waals surface area contributed by atoms with Crippen LogP contribution in [0.1, 0.15) is 27.8 Å². The first-order valence-corrected chi connectivity index (χ1v) is 11.0. The van der Waals surface area contributed by atoms with Gasteiger partial charge in [0, 0.05) is 36.8 Å². The van der Waals surface area contributed by atoms with E-state index in [9.17, 15) is 14.9 Å². The summed E-state index contributed by atoms with van der Waals surface area (Å²) in [4.78, 5) is 31.2. The number of carbonyl (C=O) groups excluding carboxylic acids is 1. The number of furan rings is 1. The zero-order chi connectivity index (χ0) is 22.9. The average molecular weight is 462 g/mol. The molecule has 1 N–H and O–H groups in total. The minimum atomic E-state index is -0.608. The molecule has 10 heteroatoms. The van der Waals surface area contributed by atoms with E-state index in [2.05, 4.69) is 10.3 Å². The number of aryl methyl sites for hydroxylation is 1. The van der Waals surface area contributed by atoms with Crippen molar-refractivity contribution in [3.63, 3.8) is 0 Å². The Hall–Kier alpha value is -4.05. The highest BCUT2D eigenvalue weighted by Gasteiger charge is 2.34. The number of nitro benzene ring substituents is 1. The number of aromatic nitrogens is 2. The molecule has 2 aromatic carbocycles. The fourth-order valence-electron chi connectivity index (χ4n) is 3.77. The molecule has 0 bridgehead atoms. The molecule has 0 radical (unpaired) electrons. The Kier molecular flexibility index (Phi) is 5.35. The van der Waals surface area contributed by atoms with Crippen molar-refractivity contribution >= 4 is 29.0 Å². The van der Waals surface area contributed by atoms with Crippen molar-refractivity contribution in [2.45, 2.75) is 22.8 Å². The van der Waals surface area contributed by atoms with Crippen LogP contribution in [-0.2, 0) is 13.6 Å². The van der Waals surface area contributed by atoms with Crippen molar-refractivity contribution < 1.29 is 14.1 Å². The maximum atomic E-state index is 13.4. The maximum absolute atomic E-state index is 13.4. The Balaban J connectivity index is 1.55. The standard InChI is InChI=1S/C23H19N5O4S/c1-26-11-10-24-23(26)33-20-9-8-15(13-19(20)28(30)31)21-25-18-7-3-2-6-17(18)22(29)27(21)14-16-5-4-12-32-16/h2-13,21,25H,14H2,1H3/t21-/m0/s1. The molecule has 0 aliphatic carbocycles. The van der Waals surface area contributed by atoms with Gasteiger partial charge < -0.3 is 19.2 Å². The Morgan fingerprint density at radius 2 is 2.06 bits per heavy atom. The summed E-state index contributed by atoms with van der Waals surface area (Å²) in [7, 11) is 1.83. The molecule has 0 saturated heterocycles. The predicted octanol–water partition coefficient (Wildman–Crippen LogP) is 4.84. The van der Waals surface area contributed by atoms with Crippen molar-refractivity contribution in [2.24, 2.45) is 7.05 Å². The van der Waals surface area contributed by atoms with Crippen LogP contribution >= 0.6 is 11.8 Å². The molecular formula is C23H19N5O4S. The van der Waals surface area contributed by atoms with E-state index in [-0.39, 0.29) is 18.1 Å². The summed E-state index contributed by atoms with van der Waals surface area (Å²) in [5, 5.41) is 15.9. The normalized spacial score (nSPS) is 15.2. The van der Waals surface area contributed by atoms with Gasteiger partial charge in [0.25, 0.3) is 11.6 Å². The number of nitro groups is 1. The minimum Gasteiger partial charge on any atom is -0.467 e. The van der Waals surface area contributed by atoms with Crippen molar-refractivity contribution in [1.29, 1.82) is 0 Å². The van der Waals surface area contributed by atoms with Crippen molar-refractivity contribution in [3.8, 4) is 0 Å². The van der Waals surface area contributed by atoms with E-state index in [0.29, 0.717) is 32.6 Å². The van der Waals surface area contributed by atoms with E-state index in [1.54, 1.807) is 64.5 Å². The van der Waals surface area contributed by atoms with E-state index in [0.717, 1.165) is 0 Å². The second-order valence-corrected chi connectivity index (χ2v) is 8.52. The number of anilines is 1. The summed E-state index contributed by atoms with van der Waals surface area (Å²) in [5.41, 5.74) is 1.76. The van der Waals surface area contributed by atoms with Crippen molar-refractivity contribution in [2.75, 3.05) is 5.32 Å². The fourth-order valence-corrected chi connectivity index (χ4v) is 4.66. The lowest BCUT2D eigenvalue weighted by atomic mass is 10.0. The van der Waals surface area contributed by atoms with Crippen LogP contribution in [-0.4, -0.2) is 25.3 Å². The maximum Gasteiger partial charge on any atom is 0.283 e. The monoisotopic (exact) mass is 461 g/mol. The molecule has 1 aliphatic heterocycles. The Bertz CT molecular complexity index is 1330. The molecule has 0 saturated carbocycles. The molecule has 0 spiro atoms. The van der Waals surface area contributed by atoms with Crippen LogP contribution in [0.5, 0.6) is 0 Å². The summed E-state index contributed by atoms with van der Waals surface area (Å²) >= 11 is 1.22. The van der Waals surface area contributed by atoms with Crippen LogP contribution in [0.4, 0.5) is 11.4 Å². The molecule has 3 heterocycles. The number of benzene rings is 2. The number of hydrogen-bond donors (Lipinski definition) is 1. The Morgan fingerprint density at radius 3 is 2.79 bits per heavy atom. The number of para-hydroxylation sites is 1. The van der Waals surface area contributed by atoms with Gasteiger partial charge in [0.05, 0.1) is 28.2 Å². The second-order valence-electron chi connectivity index (χ2n) is 7.51. The van der Waals surface area contributed by atoms with Crippen LogP contribution in [0, 0.1) is 10.1 Å². The minimum absolute atomic E-state index is 0.0495. The van der Waals surface area contributed by atoms with Gasteiger partial charge in [-0.1, -0.05) is 18.2 Å². The zero-order valence-corrected chi connectivity index (χ0v) is 18.4. The summed E-state index contributed by atoms with van der Waals surface area (Å²) in [5.74, 6) is 0.436. The molecule has 2 aromatic heterocycles. The molecular weight excluding hydrogens is 442 g/mol. The van der Waals surface area contributed by atoms with Crippen LogP contribution in [0.25, 0.3) is 0 Å². The smallest absolute Gasteiger partial charge is 0.283 e. The molecule has 33 heavy (non-hydrogen) atoms. The van der Waals surface area contributed by atoms with E-state index in [1.165, 1.54) is 17.8 Å². The highest BCUT2D eigenvalue weighted by molar-refractivity contribution is 7.99. The molecule has 0 unspecified atom stereocenters. The van der Waals surface area contributed by atoms with E-state index < -0.39 is 11.1 Å². The molecule has 5 rings (SSSR count). The van der Waals surface area contributed by atoms with Crippen LogP contribution in [0.3, 0.4) is 0 Å². The highest BCUT2D eigenvalue weighted by atomic mass is 32.2. The largest absolute Gasteiger partial charge is 0.467 e. The van der Waals surface area contributed by atoms with Crippen LogP contribution in [0.2, 0.25) is 0 Å². The molecule has 0 fully saturated rings. The van der Waals surface area contributed by atoms with Gasteiger partial charge >= 0.3 is 0 Å². The topological polar surface area (TPSA) is 106 Å². The molecule has 1 atom stereocenters. The summed E-state index contributed by atoms with van der Waals surface area (Å²) in [6, 6.07) is 15.8. The molecule has 1 aliphatic rings.